The first kappa shape index (κ1) is 12.0. The minimum Gasteiger partial charge on any atom is -0.385 e. The van der Waals surface area contributed by atoms with Gasteiger partial charge in [-0.2, -0.15) is 8.42 Å². The number of nitrogens with one attached hydrogen (secondary N) is 1. The lowest BCUT2D eigenvalue weighted by Crippen LogP contribution is -2.28. The second kappa shape index (κ2) is 4.21. The van der Waals surface area contributed by atoms with Crippen molar-refractivity contribution in [2.45, 2.75) is 0 Å². The summed E-state index contributed by atoms with van der Waals surface area (Å²) in [6.45, 7) is 0. The summed E-state index contributed by atoms with van der Waals surface area (Å²) in [6.07, 6.45) is 2.67. The molecule has 5 nitrogen and oxygen atoms in total. The van der Waals surface area contributed by atoms with Gasteiger partial charge in [0, 0.05) is 14.1 Å². The lowest BCUT2D eigenvalue weighted by molar-refractivity contribution is 0.491. The molecular weight excluding hydrogens is 236 g/mol. The minimum atomic E-state index is -4.26. The molecule has 0 bridgehead atoms. The van der Waals surface area contributed by atoms with Crippen LogP contribution in [0.2, 0.25) is 0 Å². The van der Waals surface area contributed by atoms with Gasteiger partial charge in [-0.15, -0.1) is 0 Å². The number of hydrogen-bond acceptors (Lipinski definition) is 5. The number of rotatable bonds is 2. The Kier molecular flexibility index (Phi) is 3.38. The lowest BCUT2D eigenvalue weighted by atomic mass is 10.1. The molecule has 1 aliphatic carbocycles. The fraction of sp³-hybridized carbons (Fsp3) is 0.250. The fourth-order valence-corrected chi connectivity index (χ4v) is 2.19. The SMILES string of the molecule is CN=C1C(=S)C=CC(S(=O)(=O)O)=C1NC. The Morgan fingerprint density at radius 2 is 2.07 bits per heavy atom. The molecule has 0 amide bonds. The maximum atomic E-state index is 11.0. The molecule has 7 heteroatoms. The molecule has 0 spiro atoms. The van der Waals surface area contributed by atoms with E-state index >= 15 is 0 Å². The largest absolute Gasteiger partial charge is 0.385 e. The summed E-state index contributed by atoms with van der Waals surface area (Å²) in [5.74, 6) is 0. The van der Waals surface area contributed by atoms with Crippen LogP contribution in [0.5, 0.6) is 0 Å². The molecule has 0 heterocycles. The van der Waals surface area contributed by atoms with Gasteiger partial charge >= 0.3 is 0 Å². The van der Waals surface area contributed by atoms with Gasteiger partial charge in [-0.1, -0.05) is 12.2 Å². The Morgan fingerprint density at radius 1 is 1.47 bits per heavy atom. The average Bonchev–Trinajstić information content (AvgIpc) is 2.15. The summed E-state index contributed by atoms with van der Waals surface area (Å²) in [6, 6.07) is 0. The zero-order valence-corrected chi connectivity index (χ0v) is 9.82. The van der Waals surface area contributed by atoms with Crippen LogP contribution in [0, 0.1) is 0 Å². The molecule has 0 fully saturated rings. The second-order valence-electron chi connectivity index (χ2n) is 2.73. The Labute approximate surface area is 93.3 Å². The van der Waals surface area contributed by atoms with Gasteiger partial charge in [-0.3, -0.25) is 9.55 Å². The van der Waals surface area contributed by atoms with Gasteiger partial charge in [0.05, 0.1) is 16.3 Å². The molecule has 0 aromatic rings. The lowest BCUT2D eigenvalue weighted by Gasteiger charge is -2.16. The normalized spacial score (nSPS) is 19.9. The third-order valence-electron chi connectivity index (χ3n) is 1.85. The van der Waals surface area contributed by atoms with E-state index < -0.39 is 10.1 Å². The van der Waals surface area contributed by atoms with Crippen molar-refractivity contribution in [1.82, 2.24) is 5.32 Å². The maximum absolute atomic E-state index is 11.0. The molecule has 1 rings (SSSR count). The number of thiocarbonyl (C=S) groups is 1. The van der Waals surface area contributed by atoms with Crippen LogP contribution in [0.4, 0.5) is 0 Å². The van der Waals surface area contributed by atoms with E-state index in [1.165, 1.54) is 26.2 Å². The summed E-state index contributed by atoms with van der Waals surface area (Å²) in [5, 5.41) is 2.66. The summed E-state index contributed by atoms with van der Waals surface area (Å²) < 4.78 is 31.0. The summed E-state index contributed by atoms with van der Waals surface area (Å²) in [7, 11) is -1.23. The van der Waals surface area contributed by atoms with Crippen molar-refractivity contribution in [3.8, 4) is 0 Å². The van der Waals surface area contributed by atoms with Crippen molar-refractivity contribution in [1.29, 1.82) is 0 Å². The average molecular weight is 246 g/mol. The van der Waals surface area contributed by atoms with Gasteiger partial charge in [0.1, 0.15) is 4.91 Å². The Morgan fingerprint density at radius 3 is 2.47 bits per heavy atom. The highest BCUT2D eigenvalue weighted by atomic mass is 32.2. The Hall–Kier alpha value is -1.05. The topological polar surface area (TPSA) is 78.8 Å². The predicted molar refractivity (Wildman–Crippen MR) is 62.7 cm³/mol. The Balaban J connectivity index is 3.48. The van der Waals surface area contributed by atoms with Gasteiger partial charge in [0.2, 0.25) is 0 Å². The number of hydrogen-bond donors (Lipinski definition) is 2. The van der Waals surface area contributed by atoms with Crippen molar-refractivity contribution in [2.24, 2.45) is 4.99 Å². The quantitative estimate of drug-likeness (QED) is 0.542. The molecule has 0 aliphatic heterocycles. The van der Waals surface area contributed by atoms with Crippen molar-refractivity contribution in [2.75, 3.05) is 14.1 Å². The van der Waals surface area contributed by atoms with E-state index in [4.69, 9.17) is 16.8 Å². The van der Waals surface area contributed by atoms with Gasteiger partial charge in [-0.25, -0.2) is 0 Å². The molecule has 0 aromatic carbocycles. The highest BCUT2D eigenvalue weighted by Gasteiger charge is 2.24. The third-order valence-corrected chi connectivity index (χ3v) is 3.08. The first-order valence-corrected chi connectivity index (χ1v) is 5.85. The maximum Gasteiger partial charge on any atom is 0.296 e. The van der Waals surface area contributed by atoms with Crippen LogP contribution in [-0.2, 0) is 10.1 Å². The number of nitrogens with zero attached hydrogens (tertiary/aromatic N) is 1. The van der Waals surface area contributed by atoms with Crippen LogP contribution in [0.3, 0.4) is 0 Å². The number of allylic oxidation sites excluding steroid dienone is 3. The zero-order valence-electron chi connectivity index (χ0n) is 8.18. The minimum absolute atomic E-state index is 0.215. The van der Waals surface area contributed by atoms with Gasteiger partial charge in [0.15, 0.2) is 0 Å². The van der Waals surface area contributed by atoms with E-state index in [2.05, 4.69) is 10.3 Å². The van der Waals surface area contributed by atoms with Crippen LogP contribution < -0.4 is 5.32 Å². The molecule has 0 saturated carbocycles. The first-order chi connectivity index (χ1) is 6.91. The highest BCUT2D eigenvalue weighted by Crippen LogP contribution is 2.18. The molecule has 15 heavy (non-hydrogen) atoms. The van der Waals surface area contributed by atoms with E-state index in [1.807, 2.05) is 0 Å². The summed E-state index contributed by atoms with van der Waals surface area (Å²) in [4.78, 5) is 4.08. The smallest absolute Gasteiger partial charge is 0.296 e. The zero-order chi connectivity index (χ0) is 11.6. The molecule has 82 valence electrons. The van der Waals surface area contributed by atoms with E-state index in [0.29, 0.717) is 10.6 Å². The fourth-order valence-electron chi connectivity index (χ4n) is 1.23. The molecule has 0 atom stereocenters. The van der Waals surface area contributed by atoms with Crippen molar-refractivity contribution >= 4 is 32.9 Å². The molecule has 0 saturated heterocycles. The molecular formula is C8H10N2O3S2. The van der Waals surface area contributed by atoms with Crippen LogP contribution in [0.1, 0.15) is 0 Å². The van der Waals surface area contributed by atoms with E-state index in [1.54, 1.807) is 0 Å². The molecule has 1 aliphatic rings. The van der Waals surface area contributed by atoms with Gasteiger partial charge in [-0.05, 0) is 12.2 Å². The second-order valence-corrected chi connectivity index (χ2v) is 4.56. The standard InChI is InChI=1S/C8H10N2O3S2/c1-9-7-5(14)3-4-6(8(7)10-2)15(11,12)13/h3-4,10H,1-2H3,(H,11,12,13). The first-order valence-electron chi connectivity index (χ1n) is 4.01. The van der Waals surface area contributed by atoms with Crippen molar-refractivity contribution in [3.63, 3.8) is 0 Å². The van der Waals surface area contributed by atoms with Gasteiger partial charge < -0.3 is 5.32 Å². The van der Waals surface area contributed by atoms with Crippen molar-refractivity contribution < 1.29 is 13.0 Å². The molecule has 0 unspecified atom stereocenters. The molecule has 0 aromatic heterocycles. The van der Waals surface area contributed by atoms with E-state index in [9.17, 15) is 8.42 Å². The number of aliphatic imine (C=N–C) groups is 1. The van der Waals surface area contributed by atoms with Crippen LogP contribution in [0.25, 0.3) is 0 Å². The van der Waals surface area contributed by atoms with Gasteiger partial charge in [0.25, 0.3) is 10.1 Å². The predicted octanol–water partition coefficient (Wildman–Crippen LogP) is 0.316. The molecule has 0 radical (unpaired) electrons. The van der Waals surface area contributed by atoms with Crippen LogP contribution in [0.15, 0.2) is 27.7 Å². The van der Waals surface area contributed by atoms with Crippen LogP contribution >= 0.6 is 12.2 Å². The highest BCUT2D eigenvalue weighted by molar-refractivity contribution is 7.90. The van der Waals surface area contributed by atoms with E-state index in [0.717, 1.165) is 0 Å². The monoisotopic (exact) mass is 246 g/mol. The van der Waals surface area contributed by atoms with Crippen LogP contribution in [-0.4, -0.2) is 37.6 Å². The van der Waals surface area contributed by atoms with Crippen molar-refractivity contribution in [3.05, 3.63) is 22.8 Å². The van der Waals surface area contributed by atoms with E-state index in [-0.39, 0.29) is 10.6 Å². The molecule has 2 N–H and O–H groups in total. The summed E-state index contributed by atoms with van der Waals surface area (Å²) in [5.41, 5.74) is 0.565. The Bertz CT molecular complexity index is 486. The third kappa shape index (κ3) is 2.31. The summed E-state index contributed by atoms with van der Waals surface area (Å²) >= 11 is 4.98.